The third-order valence-corrected chi connectivity index (χ3v) is 11.6. The van der Waals surface area contributed by atoms with Crippen molar-refractivity contribution in [3.63, 3.8) is 0 Å². The predicted octanol–water partition coefficient (Wildman–Crippen LogP) is 15.5. The molecule has 55 heavy (non-hydrogen) atoms. The molecule has 0 saturated carbocycles. The lowest BCUT2D eigenvalue weighted by Crippen LogP contribution is -2.13. The Labute approximate surface area is 325 Å². The zero-order chi connectivity index (χ0) is 36.6. The van der Waals surface area contributed by atoms with E-state index in [0.717, 1.165) is 39.7 Å². The molecule has 0 N–H and O–H groups in total. The molecule has 0 fully saturated rings. The van der Waals surface area contributed by atoms with Gasteiger partial charge in [0.05, 0.1) is 0 Å². The zero-order valence-corrected chi connectivity index (χ0v) is 30.9. The molecule has 0 saturated heterocycles. The first-order chi connectivity index (χ1) is 27.3. The topological polar surface area (TPSA) is 6.48 Å². The maximum absolute atomic E-state index is 2.38. The van der Waals surface area contributed by atoms with Crippen LogP contribution in [-0.4, -0.2) is 0 Å². The number of nitrogens with zero attached hydrogens (tertiary/aromatic N) is 2. The Kier molecular flexibility index (Phi) is 8.40. The molecule has 0 aliphatic heterocycles. The summed E-state index contributed by atoms with van der Waals surface area (Å²) in [5, 5.41) is 5.08. The van der Waals surface area contributed by atoms with Gasteiger partial charge in [-0.05, 0) is 118 Å². The van der Waals surface area contributed by atoms with Crippen LogP contribution in [0, 0.1) is 0 Å². The second kappa shape index (κ2) is 14.1. The van der Waals surface area contributed by atoms with Crippen molar-refractivity contribution < 1.29 is 0 Å². The second-order valence-electron chi connectivity index (χ2n) is 13.8. The SMILES string of the molecule is c1ccc(N(c2ccccc2)c2cc(-c3cccc4ccccc34)cc(N(c3ccccc3)c3ccc(-c4ccc5sc6ccccc6c5c4)cc3)c2)cc1. The van der Waals surface area contributed by atoms with E-state index >= 15 is 0 Å². The molecule has 260 valence electrons. The zero-order valence-electron chi connectivity index (χ0n) is 30.1. The highest BCUT2D eigenvalue weighted by Gasteiger charge is 2.20. The fraction of sp³-hybridized carbons (Fsp3) is 0. The lowest BCUT2D eigenvalue weighted by molar-refractivity contribution is 1.25. The van der Waals surface area contributed by atoms with E-state index in [1.54, 1.807) is 0 Å². The number of fused-ring (bicyclic) bond motifs is 4. The lowest BCUT2D eigenvalue weighted by atomic mass is 9.96. The molecule has 0 bridgehead atoms. The molecular weight excluding hydrogens is 685 g/mol. The molecule has 3 heteroatoms. The highest BCUT2D eigenvalue weighted by Crippen LogP contribution is 2.44. The van der Waals surface area contributed by atoms with Crippen LogP contribution in [0.1, 0.15) is 0 Å². The summed E-state index contributed by atoms with van der Waals surface area (Å²) in [5.41, 5.74) is 11.3. The quantitative estimate of drug-likeness (QED) is 0.154. The van der Waals surface area contributed by atoms with Crippen LogP contribution < -0.4 is 9.80 Å². The second-order valence-corrected chi connectivity index (χ2v) is 14.9. The molecule has 0 aliphatic rings. The summed E-state index contributed by atoms with van der Waals surface area (Å²) < 4.78 is 2.64. The number of hydrogen-bond acceptors (Lipinski definition) is 3. The average Bonchev–Trinajstić information content (AvgIpc) is 3.63. The van der Waals surface area contributed by atoms with E-state index in [0.29, 0.717) is 0 Å². The van der Waals surface area contributed by atoms with Crippen molar-refractivity contribution in [2.75, 3.05) is 9.80 Å². The first kappa shape index (κ1) is 32.7. The van der Waals surface area contributed by atoms with Crippen LogP contribution in [0.4, 0.5) is 34.1 Å². The van der Waals surface area contributed by atoms with Gasteiger partial charge in [-0.15, -0.1) is 11.3 Å². The monoisotopic (exact) mass is 720 g/mol. The third kappa shape index (κ3) is 6.21. The third-order valence-electron chi connectivity index (χ3n) is 10.4. The van der Waals surface area contributed by atoms with E-state index < -0.39 is 0 Å². The molecule has 0 unspecified atom stereocenters. The summed E-state index contributed by atoms with van der Waals surface area (Å²) >= 11 is 1.86. The van der Waals surface area contributed by atoms with Crippen molar-refractivity contribution in [2.24, 2.45) is 0 Å². The molecule has 2 nitrogen and oxygen atoms in total. The van der Waals surface area contributed by atoms with Crippen LogP contribution in [0.15, 0.2) is 218 Å². The Hall–Kier alpha value is -6.94. The molecule has 1 heterocycles. The summed E-state index contributed by atoms with van der Waals surface area (Å²) in [7, 11) is 0. The van der Waals surface area contributed by atoms with Gasteiger partial charge < -0.3 is 9.80 Å². The van der Waals surface area contributed by atoms with Crippen LogP contribution in [0.3, 0.4) is 0 Å². The van der Waals surface area contributed by atoms with Crippen molar-refractivity contribution >= 4 is 76.4 Å². The van der Waals surface area contributed by atoms with Gasteiger partial charge in [0.2, 0.25) is 0 Å². The molecule has 0 amide bonds. The van der Waals surface area contributed by atoms with E-state index in [4.69, 9.17) is 0 Å². The van der Waals surface area contributed by atoms with E-state index in [2.05, 4.69) is 228 Å². The van der Waals surface area contributed by atoms with E-state index in [-0.39, 0.29) is 0 Å². The Morgan fingerprint density at radius 3 is 1.40 bits per heavy atom. The summed E-state index contributed by atoms with van der Waals surface area (Å²) in [6, 6.07) is 78.9. The summed E-state index contributed by atoms with van der Waals surface area (Å²) in [6.07, 6.45) is 0. The standard InChI is InChI=1S/C52H36N2S/c1-4-17-41(18-5-1)53(42-19-6-2-7-20-42)45-33-40(48-25-14-16-38-15-10-11-23-47(38)48)34-46(36-45)54(43-21-8-3-9-22-43)44-30-27-37(28-31-44)39-29-32-52-50(35-39)49-24-12-13-26-51(49)55-52/h1-36H. The number of rotatable bonds is 8. The minimum absolute atomic E-state index is 1.07. The Bertz CT molecular complexity index is 2870. The first-order valence-electron chi connectivity index (χ1n) is 18.7. The predicted molar refractivity (Wildman–Crippen MR) is 237 cm³/mol. The maximum atomic E-state index is 2.38. The number of thiophene rings is 1. The van der Waals surface area contributed by atoms with Gasteiger partial charge in [0, 0.05) is 54.3 Å². The highest BCUT2D eigenvalue weighted by molar-refractivity contribution is 7.25. The molecule has 0 aliphatic carbocycles. The van der Waals surface area contributed by atoms with Gasteiger partial charge in [-0.3, -0.25) is 0 Å². The normalized spacial score (nSPS) is 11.3. The van der Waals surface area contributed by atoms with Crippen LogP contribution >= 0.6 is 11.3 Å². The molecule has 0 spiro atoms. The van der Waals surface area contributed by atoms with Crippen LogP contribution in [0.25, 0.3) is 53.2 Å². The number of anilines is 6. The van der Waals surface area contributed by atoms with Gasteiger partial charge in [0.15, 0.2) is 0 Å². The fourth-order valence-electron chi connectivity index (χ4n) is 7.82. The molecule has 0 radical (unpaired) electrons. The molecular formula is C52H36N2S. The van der Waals surface area contributed by atoms with E-state index in [1.165, 1.54) is 47.6 Å². The highest BCUT2D eigenvalue weighted by atomic mass is 32.1. The van der Waals surface area contributed by atoms with Gasteiger partial charge in [0.25, 0.3) is 0 Å². The smallest absolute Gasteiger partial charge is 0.0488 e. The van der Waals surface area contributed by atoms with Crippen molar-refractivity contribution in [2.45, 2.75) is 0 Å². The number of hydrogen-bond donors (Lipinski definition) is 0. The van der Waals surface area contributed by atoms with Gasteiger partial charge >= 0.3 is 0 Å². The summed E-state index contributed by atoms with van der Waals surface area (Å²) in [5.74, 6) is 0. The van der Waals surface area contributed by atoms with Gasteiger partial charge in [0.1, 0.15) is 0 Å². The molecule has 1 aromatic heterocycles. The van der Waals surface area contributed by atoms with E-state index in [1.807, 2.05) is 11.3 Å². The largest absolute Gasteiger partial charge is 0.310 e. The van der Waals surface area contributed by atoms with Crippen molar-refractivity contribution in [3.05, 3.63) is 218 Å². The lowest BCUT2D eigenvalue weighted by Gasteiger charge is -2.30. The Balaban J connectivity index is 1.16. The van der Waals surface area contributed by atoms with Gasteiger partial charge in [-0.2, -0.15) is 0 Å². The van der Waals surface area contributed by atoms with Crippen molar-refractivity contribution in [3.8, 4) is 22.3 Å². The fourth-order valence-corrected chi connectivity index (χ4v) is 8.91. The van der Waals surface area contributed by atoms with Gasteiger partial charge in [-0.25, -0.2) is 0 Å². The molecule has 10 rings (SSSR count). The van der Waals surface area contributed by atoms with Crippen molar-refractivity contribution in [1.29, 1.82) is 0 Å². The van der Waals surface area contributed by atoms with Crippen LogP contribution in [0.2, 0.25) is 0 Å². The number of para-hydroxylation sites is 3. The minimum atomic E-state index is 1.07. The number of benzene rings is 9. The minimum Gasteiger partial charge on any atom is -0.310 e. The molecule has 0 atom stereocenters. The average molecular weight is 721 g/mol. The Morgan fingerprint density at radius 1 is 0.273 bits per heavy atom. The maximum Gasteiger partial charge on any atom is 0.0488 e. The first-order valence-corrected chi connectivity index (χ1v) is 19.5. The summed E-state index contributed by atoms with van der Waals surface area (Å²) in [6.45, 7) is 0. The van der Waals surface area contributed by atoms with Gasteiger partial charge in [-0.1, -0.05) is 133 Å². The van der Waals surface area contributed by atoms with Crippen LogP contribution in [-0.2, 0) is 0 Å². The molecule has 9 aromatic carbocycles. The molecule has 10 aromatic rings. The summed E-state index contributed by atoms with van der Waals surface area (Å²) in [4.78, 5) is 4.74. The van der Waals surface area contributed by atoms with Crippen LogP contribution in [0.5, 0.6) is 0 Å². The Morgan fingerprint density at radius 2 is 0.764 bits per heavy atom. The van der Waals surface area contributed by atoms with Crippen molar-refractivity contribution in [1.82, 2.24) is 0 Å². The van der Waals surface area contributed by atoms with E-state index in [9.17, 15) is 0 Å².